The molecule has 4 heteroatoms. The van der Waals surface area contributed by atoms with Crippen LogP contribution >= 0.6 is 0 Å². The van der Waals surface area contributed by atoms with Crippen molar-refractivity contribution in [2.75, 3.05) is 6.61 Å². The summed E-state index contributed by atoms with van der Waals surface area (Å²) in [5.41, 5.74) is 0.948. The number of allylic oxidation sites excluding steroid dienone is 2. The molecule has 1 heterocycles. The van der Waals surface area contributed by atoms with Crippen LogP contribution in [0.3, 0.4) is 0 Å². The second-order valence-corrected chi connectivity index (χ2v) is 5.66. The van der Waals surface area contributed by atoms with E-state index in [-0.39, 0.29) is 30.4 Å². The molecule has 0 bridgehead atoms. The highest BCUT2D eigenvalue weighted by atomic mass is 16.5. The van der Waals surface area contributed by atoms with Gasteiger partial charge >= 0.3 is 5.97 Å². The van der Waals surface area contributed by atoms with E-state index >= 15 is 0 Å². The third-order valence-electron chi connectivity index (χ3n) is 3.76. The monoisotopic (exact) mass is 301 g/mol. The van der Waals surface area contributed by atoms with Gasteiger partial charge < -0.3 is 10.1 Å². The molecule has 0 fully saturated rings. The van der Waals surface area contributed by atoms with Gasteiger partial charge in [-0.2, -0.15) is 0 Å². The number of benzene rings is 1. The maximum atomic E-state index is 12.0. The Bertz CT molecular complexity index is 524. The standard InChI is InChI=1S/C18H23NO3/c1-14-9-5-2-3-8-12-17(20)19-16(13-22-18(14)21)15-10-6-4-7-11-15/h2,4-7,10-11,14,16H,3,8-9,12-13H2,1H3,(H,19,20)/b5-2-/t14-,16+/m1/s1. The normalized spacial score (nSPS) is 25.9. The molecule has 2 rings (SSSR count). The first-order chi connectivity index (χ1) is 10.7. The summed E-state index contributed by atoms with van der Waals surface area (Å²) in [4.78, 5) is 24.0. The first kappa shape index (κ1) is 16.3. The van der Waals surface area contributed by atoms with Gasteiger partial charge in [-0.3, -0.25) is 9.59 Å². The lowest BCUT2D eigenvalue weighted by molar-refractivity contribution is -0.149. The minimum absolute atomic E-state index is 0.00871. The molecule has 22 heavy (non-hydrogen) atoms. The molecule has 1 aliphatic rings. The van der Waals surface area contributed by atoms with Crippen LogP contribution < -0.4 is 5.32 Å². The van der Waals surface area contributed by atoms with E-state index in [4.69, 9.17) is 4.74 Å². The Morgan fingerprint density at radius 2 is 1.91 bits per heavy atom. The number of cyclic esters (lactones) is 1. The Balaban J connectivity index is 2.11. The zero-order valence-corrected chi connectivity index (χ0v) is 13.0. The fraction of sp³-hybridized carbons (Fsp3) is 0.444. The summed E-state index contributed by atoms with van der Waals surface area (Å²) in [5, 5.41) is 2.97. The molecular formula is C18H23NO3. The fourth-order valence-corrected chi connectivity index (χ4v) is 2.38. The van der Waals surface area contributed by atoms with Gasteiger partial charge in [0.15, 0.2) is 0 Å². The molecule has 0 spiro atoms. The second-order valence-electron chi connectivity index (χ2n) is 5.66. The van der Waals surface area contributed by atoms with E-state index in [1.165, 1.54) is 0 Å². The van der Waals surface area contributed by atoms with Crippen molar-refractivity contribution in [3.05, 3.63) is 48.0 Å². The van der Waals surface area contributed by atoms with Crippen LogP contribution in [0, 0.1) is 5.92 Å². The molecule has 1 aromatic carbocycles. The smallest absolute Gasteiger partial charge is 0.309 e. The Kier molecular flexibility index (Phi) is 6.19. The van der Waals surface area contributed by atoms with E-state index in [2.05, 4.69) is 5.32 Å². The summed E-state index contributed by atoms with van der Waals surface area (Å²) in [6.45, 7) is 2.03. The quantitative estimate of drug-likeness (QED) is 0.640. The number of ether oxygens (including phenoxy) is 1. The number of hydrogen-bond donors (Lipinski definition) is 1. The van der Waals surface area contributed by atoms with Gasteiger partial charge in [-0.15, -0.1) is 0 Å². The maximum absolute atomic E-state index is 12.0. The zero-order valence-electron chi connectivity index (χ0n) is 13.0. The van der Waals surface area contributed by atoms with Crippen LogP contribution in [0.2, 0.25) is 0 Å². The third kappa shape index (κ3) is 5.02. The summed E-state index contributed by atoms with van der Waals surface area (Å²) in [6, 6.07) is 9.32. The van der Waals surface area contributed by atoms with Crippen molar-refractivity contribution in [3.8, 4) is 0 Å². The predicted octanol–water partition coefficient (Wildman–Crippen LogP) is 3.15. The minimum atomic E-state index is -0.293. The van der Waals surface area contributed by atoms with Gasteiger partial charge in [0.25, 0.3) is 0 Å². The summed E-state index contributed by atoms with van der Waals surface area (Å²) in [7, 11) is 0. The number of esters is 1. The Morgan fingerprint density at radius 1 is 1.14 bits per heavy atom. The van der Waals surface area contributed by atoms with E-state index in [9.17, 15) is 9.59 Å². The van der Waals surface area contributed by atoms with Crippen molar-refractivity contribution in [2.45, 2.75) is 38.6 Å². The van der Waals surface area contributed by atoms with Crippen LogP contribution in [0.25, 0.3) is 0 Å². The molecule has 2 atom stereocenters. The highest BCUT2D eigenvalue weighted by Gasteiger charge is 2.19. The van der Waals surface area contributed by atoms with Crippen molar-refractivity contribution in [1.29, 1.82) is 0 Å². The Morgan fingerprint density at radius 3 is 2.68 bits per heavy atom. The number of amides is 1. The number of nitrogens with one attached hydrogen (secondary N) is 1. The van der Waals surface area contributed by atoms with Gasteiger partial charge in [0.1, 0.15) is 6.61 Å². The fourth-order valence-electron chi connectivity index (χ4n) is 2.38. The van der Waals surface area contributed by atoms with Crippen molar-refractivity contribution < 1.29 is 14.3 Å². The lowest BCUT2D eigenvalue weighted by Gasteiger charge is -2.20. The number of carbonyl (C=O) groups is 2. The highest BCUT2D eigenvalue weighted by Crippen LogP contribution is 2.16. The molecule has 0 aliphatic carbocycles. The third-order valence-corrected chi connectivity index (χ3v) is 3.76. The van der Waals surface area contributed by atoms with Crippen LogP contribution in [0.15, 0.2) is 42.5 Å². The van der Waals surface area contributed by atoms with E-state index in [1.807, 2.05) is 49.4 Å². The van der Waals surface area contributed by atoms with Gasteiger partial charge in [0.2, 0.25) is 5.91 Å². The molecule has 0 saturated heterocycles. The second kappa shape index (κ2) is 8.37. The number of carbonyl (C=O) groups excluding carboxylic acids is 2. The van der Waals surface area contributed by atoms with Crippen molar-refractivity contribution in [2.24, 2.45) is 5.92 Å². The zero-order chi connectivity index (χ0) is 15.8. The van der Waals surface area contributed by atoms with Gasteiger partial charge in [0, 0.05) is 6.42 Å². The lowest BCUT2D eigenvalue weighted by Crippen LogP contribution is -2.32. The van der Waals surface area contributed by atoms with Crippen LogP contribution in [-0.2, 0) is 14.3 Å². The average Bonchev–Trinajstić information content (AvgIpc) is 2.55. The molecular weight excluding hydrogens is 278 g/mol. The lowest BCUT2D eigenvalue weighted by atomic mass is 10.1. The molecule has 1 aromatic rings. The highest BCUT2D eigenvalue weighted by molar-refractivity contribution is 5.76. The first-order valence-electron chi connectivity index (χ1n) is 7.82. The largest absolute Gasteiger partial charge is 0.463 e. The average molecular weight is 301 g/mol. The van der Waals surface area contributed by atoms with E-state index in [1.54, 1.807) is 0 Å². The first-order valence-corrected chi connectivity index (χ1v) is 7.82. The molecule has 1 N–H and O–H groups in total. The molecule has 0 aromatic heterocycles. The van der Waals surface area contributed by atoms with Crippen LogP contribution in [0.5, 0.6) is 0 Å². The minimum Gasteiger partial charge on any atom is -0.463 e. The summed E-state index contributed by atoms with van der Waals surface area (Å²) < 4.78 is 5.40. The summed E-state index contributed by atoms with van der Waals surface area (Å²) in [6.07, 6.45) is 6.85. The van der Waals surface area contributed by atoms with Gasteiger partial charge in [-0.25, -0.2) is 0 Å². The SMILES string of the molecule is C[C@@H]1C/C=C\CCCC(=O)N[C@H](c2ccccc2)COC1=O. The van der Waals surface area contributed by atoms with Gasteiger partial charge in [-0.1, -0.05) is 49.4 Å². The maximum Gasteiger partial charge on any atom is 0.309 e. The molecule has 1 aliphatic heterocycles. The van der Waals surface area contributed by atoms with Crippen molar-refractivity contribution in [1.82, 2.24) is 5.32 Å². The number of hydrogen-bond acceptors (Lipinski definition) is 3. The van der Waals surface area contributed by atoms with Crippen LogP contribution in [0.4, 0.5) is 0 Å². The summed E-state index contributed by atoms with van der Waals surface area (Å²) in [5.74, 6) is -0.395. The van der Waals surface area contributed by atoms with Gasteiger partial charge in [0.05, 0.1) is 12.0 Å². The predicted molar refractivity (Wildman–Crippen MR) is 85.1 cm³/mol. The van der Waals surface area contributed by atoms with Crippen LogP contribution in [-0.4, -0.2) is 18.5 Å². The van der Waals surface area contributed by atoms with E-state index < -0.39 is 0 Å². The van der Waals surface area contributed by atoms with E-state index in [0.29, 0.717) is 12.8 Å². The van der Waals surface area contributed by atoms with Crippen molar-refractivity contribution >= 4 is 11.9 Å². The Labute approximate surface area is 131 Å². The Hall–Kier alpha value is -2.10. The molecule has 0 radical (unpaired) electrons. The van der Waals surface area contributed by atoms with Crippen LogP contribution in [0.1, 0.15) is 44.2 Å². The number of rotatable bonds is 1. The summed E-state index contributed by atoms with van der Waals surface area (Å²) >= 11 is 0. The molecule has 1 amide bonds. The molecule has 118 valence electrons. The molecule has 0 unspecified atom stereocenters. The molecule has 0 saturated carbocycles. The van der Waals surface area contributed by atoms with Gasteiger partial charge in [-0.05, 0) is 24.8 Å². The topological polar surface area (TPSA) is 55.4 Å². The van der Waals surface area contributed by atoms with E-state index in [0.717, 1.165) is 18.4 Å². The molecule has 4 nitrogen and oxygen atoms in total. The van der Waals surface area contributed by atoms with Crippen molar-refractivity contribution in [3.63, 3.8) is 0 Å².